The van der Waals surface area contributed by atoms with Gasteiger partial charge in [0, 0.05) is 27.6 Å². The lowest BCUT2D eigenvalue weighted by Crippen LogP contribution is -2.14. The lowest BCUT2D eigenvalue weighted by molar-refractivity contribution is -0.113. The van der Waals surface area contributed by atoms with E-state index in [4.69, 9.17) is 17.3 Å². The van der Waals surface area contributed by atoms with Gasteiger partial charge in [-0.15, -0.1) is 10.2 Å². The Morgan fingerprint density at radius 1 is 1.00 bits per heavy atom. The number of nitrogens with two attached hydrogens (primary N) is 1. The van der Waals surface area contributed by atoms with Crippen molar-refractivity contribution in [1.29, 1.82) is 0 Å². The third-order valence-corrected chi connectivity index (χ3v) is 5.43. The first kappa shape index (κ1) is 20.0. The molecule has 6 nitrogen and oxygen atoms in total. The van der Waals surface area contributed by atoms with E-state index in [9.17, 15) is 4.79 Å². The lowest BCUT2D eigenvalue weighted by atomic mass is 10.2. The highest BCUT2D eigenvalue weighted by Crippen LogP contribution is 2.29. The molecule has 0 bridgehead atoms. The molecule has 8 heteroatoms. The SMILES string of the molecule is Nc1cccc(-c2nnc(SCC(=O)Nc3ccc(Cl)cc3)n2-c2ccccc2)c1. The van der Waals surface area contributed by atoms with Crippen LogP contribution >= 0.6 is 23.4 Å². The van der Waals surface area contributed by atoms with Crippen molar-refractivity contribution >= 4 is 40.6 Å². The van der Waals surface area contributed by atoms with Crippen LogP contribution in [-0.2, 0) is 4.79 Å². The van der Waals surface area contributed by atoms with Crippen LogP contribution in [0.2, 0.25) is 5.02 Å². The molecule has 0 saturated carbocycles. The van der Waals surface area contributed by atoms with Crippen LogP contribution < -0.4 is 11.1 Å². The maximum Gasteiger partial charge on any atom is 0.234 e. The number of thioether (sulfide) groups is 1. The van der Waals surface area contributed by atoms with Crippen molar-refractivity contribution in [3.8, 4) is 17.1 Å². The van der Waals surface area contributed by atoms with Crippen LogP contribution in [0.3, 0.4) is 0 Å². The van der Waals surface area contributed by atoms with Crippen LogP contribution in [0.15, 0.2) is 84.0 Å². The number of carbonyl (C=O) groups excluding carboxylic acids is 1. The molecule has 4 rings (SSSR count). The summed E-state index contributed by atoms with van der Waals surface area (Å²) < 4.78 is 1.93. The van der Waals surface area contributed by atoms with E-state index in [0.717, 1.165) is 11.3 Å². The molecule has 30 heavy (non-hydrogen) atoms. The smallest absolute Gasteiger partial charge is 0.234 e. The number of para-hydroxylation sites is 1. The van der Waals surface area contributed by atoms with E-state index in [1.165, 1.54) is 11.8 Å². The maximum absolute atomic E-state index is 12.4. The summed E-state index contributed by atoms with van der Waals surface area (Å²) in [5.74, 6) is 0.703. The molecule has 0 fully saturated rings. The Morgan fingerprint density at radius 3 is 2.50 bits per heavy atom. The van der Waals surface area contributed by atoms with Crippen molar-refractivity contribution in [2.24, 2.45) is 0 Å². The van der Waals surface area contributed by atoms with Gasteiger partial charge in [0.2, 0.25) is 5.91 Å². The predicted molar refractivity (Wildman–Crippen MR) is 122 cm³/mol. The molecule has 0 aliphatic rings. The fourth-order valence-electron chi connectivity index (χ4n) is 2.90. The molecular formula is C22H18ClN5OS. The summed E-state index contributed by atoms with van der Waals surface area (Å²) in [7, 11) is 0. The monoisotopic (exact) mass is 435 g/mol. The normalized spacial score (nSPS) is 10.7. The van der Waals surface area contributed by atoms with Gasteiger partial charge in [-0.05, 0) is 48.5 Å². The van der Waals surface area contributed by atoms with E-state index in [1.54, 1.807) is 24.3 Å². The molecule has 3 aromatic carbocycles. The zero-order valence-electron chi connectivity index (χ0n) is 15.8. The van der Waals surface area contributed by atoms with Crippen molar-refractivity contribution in [3.63, 3.8) is 0 Å². The van der Waals surface area contributed by atoms with Gasteiger partial charge in [0.1, 0.15) is 0 Å². The minimum atomic E-state index is -0.143. The van der Waals surface area contributed by atoms with Crippen LogP contribution in [0, 0.1) is 0 Å². The second-order valence-electron chi connectivity index (χ2n) is 6.45. The van der Waals surface area contributed by atoms with Crippen LogP contribution in [-0.4, -0.2) is 26.4 Å². The highest BCUT2D eigenvalue weighted by Gasteiger charge is 2.17. The third kappa shape index (κ3) is 4.64. The van der Waals surface area contributed by atoms with Crippen LogP contribution in [0.25, 0.3) is 17.1 Å². The van der Waals surface area contributed by atoms with Crippen molar-refractivity contribution in [2.75, 3.05) is 16.8 Å². The molecule has 0 aliphatic heterocycles. The molecule has 150 valence electrons. The van der Waals surface area contributed by atoms with E-state index in [0.29, 0.717) is 27.4 Å². The number of nitrogens with zero attached hydrogens (tertiary/aromatic N) is 3. The fraction of sp³-hybridized carbons (Fsp3) is 0.0455. The summed E-state index contributed by atoms with van der Waals surface area (Å²) in [5, 5.41) is 12.8. The standard InChI is InChI=1S/C22H18ClN5OS/c23-16-9-11-18(12-10-16)25-20(29)14-30-22-27-26-21(15-5-4-6-17(24)13-15)28(22)19-7-2-1-3-8-19/h1-13H,14,24H2,(H,25,29). The topological polar surface area (TPSA) is 85.8 Å². The summed E-state index contributed by atoms with van der Waals surface area (Å²) in [6.07, 6.45) is 0. The summed E-state index contributed by atoms with van der Waals surface area (Å²) in [4.78, 5) is 12.4. The molecule has 0 saturated heterocycles. The Bertz CT molecular complexity index is 1160. The molecule has 1 heterocycles. The van der Waals surface area contributed by atoms with Gasteiger partial charge in [-0.3, -0.25) is 9.36 Å². The van der Waals surface area contributed by atoms with E-state index >= 15 is 0 Å². The highest BCUT2D eigenvalue weighted by atomic mass is 35.5. The van der Waals surface area contributed by atoms with Crippen molar-refractivity contribution in [1.82, 2.24) is 14.8 Å². The number of benzene rings is 3. The number of nitrogens with one attached hydrogen (secondary N) is 1. The van der Waals surface area contributed by atoms with E-state index in [1.807, 2.05) is 59.2 Å². The average molecular weight is 436 g/mol. The second-order valence-corrected chi connectivity index (χ2v) is 7.83. The van der Waals surface area contributed by atoms with Gasteiger partial charge in [0.25, 0.3) is 0 Å². The molecule has 3 N–H and O–H groups in total. The fourth-order valence-corrected chi connectivity index (χ4v) is 3.78. The number of anilines is 2. The van der Waals surface area contributed by atoms with Crippen LogP contribution in [0.1, 0.15) is 0 Å². The molecule has 0 unspecified atom stereocenters. The third-order valence-electron chi connectivity index (χ3n) is 4.25. The van der Waals surface area contributed by atoms with E-state index in [2.05, 4.69) is 15.5 Å². The molecule has 4 aromatic rings. The largest absolute Gasteiger partial charge is 0.399 e. The first-order valence-electron chi connectivity index (χ1n) is 9.15. The van der Waals surface area contributed by atoms with Crippen molar-refractivity contribution in [3.05, 3.63) is 83.9 Å². The summed E-state index contributed by atoms with van der Waals surface area (Å²) >= 11 is 7.20. The number of aromatic nitrogens is 3. The van der Waals surface area contributed by atoms with Gasteiger partial charge in [-0.25, -0.2) is 0 Å². The Labute approximate surface area is 183 Å². The summed E-state index contributed by atoms with van der Waals surface area (Å²) in [5.41, 5.74) is 9.04. The number of amides is 1. The van der Waals surface area contributed by atoms with Gasteiger partial charge in [-0.2, -0.15) is 0 Å². The Hall–Kier alpha value is -3.29. The number of carbonyl (C=O) groups is 1. The molecule has 0 atom stereocenters. The Morgan fingerprint density at radius 2 is 1.77 bits per heavy atom. The van der Waals surface area contributed by atoms with Gasteiger partial charge < -0.3 is 11.1 Å². The predicted octanol–water partition coefficient (Wildman–Crippen LogP) is 4.90. The quantitative estimate of drug-likeness (QED) is 0.332. The van der Waals surface area contributed by atoms with Gasteiger partial charge in [-0.1, -0.05) is 53.7 Å². The number of rotatable bonds is 6. The molecule has 0 radical (unpaired) electrons. The summed E-state index contributed by atoms with van der Waals surface area (Å²) in [6.45, 7) is 0. The molecule has 0 spiro atoms. The second kappa shape index (κ2) is 9.02. The van der Waals surface area contributed by atoms with E-state index in [-0.39, 0.29) is 11.7 Å². The first-order chi connectivity index (χ1) is 14.6. The van der Waals surface area contributed by atoms with Crippen LogP contribution in [0.5, 0.6) is 0 Å². The molecule has 1 amide bonds. The van der Waals surface area contributed by atoms with E-state index < -0.39 is 0 Å². The summed E-state index contributed by atoms with van der Waals surface area (Å²) in [6, 6.07) is 24.2. The minimum absolute atomic E-state index is 0.143. The number of nitrogen functional groups attached to an aromatic ring is 1. The zero-order valence-corrected chi connectivity index (χ0v) is 17.4. The zero-order chi connectivity index (χ0) is 20.9. The molecule has 0 aliphatic carbocycles. The van der Waals surface area contributed by atoms with Crippen molar-refractivity contribution < 1.29 is 4.79 Å². The Balaban J connectivity index is 1.58. The maximum atomic E-state index is 12.4. The van der Waals surface area contributed by atoms with Gasteiger partial charge in [0.05, 0.1) is 5.75 Å². The highest BCUT2D eigenvalue weighted by molar-refractivity contribution is 7.99. The molecular weight excluding hydrogens is 418 g/mol. The number of hydrogen-bond donors (Lipinski definition) is 2. The first-order valence-corrected chi connectivity index (χ1v) is 10.5. The molecule has 1 aromatic heterocycles. The van der Waals surface area contributed by atoms with Crippen LogP contribution in [0.4, 0.5) is 11.4 Å². The van der Waals surface area contributed by atoms with Gasteiger partial charge >= 0.3 is 0 Å². The lowest BCUT2D eigenvalue weighted by Gasteiger charge is -2.11. The number of halogens is 1. The average Bonchev–Trinajstić information content (AvgIpc) is 3.19. The number of hydrogen-bond acceptors (Lipinski definition) is 5. The Kier molecular flexibility index (Phi) is 6.02. The van der Waals surface area contributed by atoms with Gasteiger partial charge in [0.15, 0.2) is 11.0 Å². The van der Waals surface area contributed by atoms with Crippen molar-refractivity contribution in [2.45, 2.75) is 5.16 Å². The minimum Gasteiger partial charge on any atom is -0.399 e.